The highest BCUT2D eigenvalue weighted by molar-refractivity contribution is 7.91. The highest BCUT2D eigenvalue weighted by Gasteiger charge is 2.26. The van der Waals surface area contributed by atoms with Crippen LogP contribution < -0.4 is 5.32 Å². The summed E-state index contributed by atoms with van der Waals surface area (Å²) in [7, 11) is -4.06. The molecule has 0 aliphatic rings. The van der Waals surface area contributed by atoms with Gasteiger partial charge in [0.05, 0.1) is 15.8 Å². The standard InChI is InChI=1S/C26H19ClN4O3S/c1-2-16-31-21-11-7-6-10-20(21)22-23(28-25(32)17-12-14-18(27)15-13-17)29-26(30-24(22)31)35(33,34)19-8-4-3-5-9-19/h2-15H,1,16H2,(H,28,29,30,32). The molecule has 0 aliphatic carbocycles. The first kappa shape index (κ1) is 22.8. The lowest BCUT2D eigenvalue weighted by atomic mass is 10.2. The fourth-order valence-electron chi connectivity index (χ4n) is 3.92. The minimum atomic E-state index is -4.06. The maximum Gasteiger partial charge on any atom is 0.256 e. The smallest absolute Gasteiger partial charge is 0.256 e. The van der Waals surface area contributed by atoms with Crippen LogP contribution in [0.15, 0.2) is 102 Å². The van der Waals surface area contributed by atoms with E-state index in [1.54, 1.807) is 48.5 Å². The zero-order valence-electron chi connectivity index (χ0n) is 18.3. The van der Waals surface area contributed by atoms with Crippen molar-refractivity contribution in [1.29, 1.82) is 0 Å². The molecule has 5 aromatic rings. The Hall–Kier alpha value is -4.01. The summed E-state index contributed by atoms with van der Waals surface area (Å²) in [5, 5.41) is 4.20. The lowest BCUT2D eigenvalue weighted by Crippen LogP contribution is -2.16. The average molecular weight is 503 g/mol. The Balaban J connectivity index is 1.78. The second-order valence-corrected chi connectivity index (χ2v) is 10.0. The summed E-state index contributed by atoms with van der Waals surface area (Å²) in [6, 6.07) is 21.8. The van der Waals surface area contributed by atoms with Crippen molar-refractivity contribution in [1.82, 2.24) is 14.5 Å². The summed E-state index contributed by atoms with van der Waals surface area (Å²) in [6.07, 6.45) is 1.70. The number of nitrogens with zero attached hydrogens (tertiary/aromatic N) is 3. The molecule has 0 fully saturated rings. The lowest BCUT2D eigenvalue weighted by molar-refractivity contribution is 0.102. The van der Waals surface area contributed by atoms with E-state index < -0.39 is 20.9 Å². The summed E-state index contributed by atoms with van der Waals surface area (Å²) in [4.78, 5) is 22.0. The Labute approximate surface area is 206 Å². The summed E-state index contributed by atoms with van der Waals surface area (Å²) >= 11 is 5.95. The monoisotopic (exact) mass is 502 g/mol. The predicted octanol–water partition coefficient (Wildman–Crippen LogP) is 5.51. The Morgan fingerprint density at radius 1 is 0.971 bits per heavy atom. The molecular formula is C26H19ClN4O3S. The number of benzene rings is 3. The Kier molecular flexibility index (Phi) is 5.84. The van der Waals surface area contributed by atoms with E-state index in [0.29, 0.717) is 28.2 Å². The van der Waals surface area contributed by atoms with Gasteiger partial charge in [-0.1, -0.05) is 54.1 Å². The molecule has 0 unspecified atom stereocenters. The van der Waals surface area contributed by atoms with Crippen LogP contribution in [0.3, 0.4) is 0 Å². The lowest BCUT2D eigenvalue weighted by Gasteiger charge is -2.10. The van der Waals surface area contributed by atoms with Crippen LogP contribution in [-0.2, 0) is 16.4 Å². The first-order valence-corrected chi connectivity index (χ1v) is 12.5. The van der Waals surface area contributed by atoms with Crippen LogP contribution in [-0.4, -0.2) is 28.9 Å². The van der Waals surface area contributed by atoms with Crippen LogP contribution in [0.4, 0.5) is 5.82 Å². The number of sulfone groups is 1. The average Bonchev–Trinajstić information content (AvgIpc) is 3.19. The van der Waals surface area contributed by atoms with Crippen LogP contribution in [0, 0.1) is 0 Å². The number of carbonyl (C=O) groups is 1. The number of anilines is 1. The molecule has 0 saturated carbocycles. The molecule has 0 saturated heterocycles. The molecule has 0 bridgehead atoms. The minimum absolute atomic E-state index is 0.0562. The molecule has 35 heavy (non-hydrogen) atoms. The molecule has 0 radical (unpaired) electrons. The number of amides is 1. The Bertz CT molecular complexity index is 1700. The molecule has 0 atom stereocenters. The van der Waals surface area contributed by atoms with Gasteiger partial charge in [-0.15, -0.1) is 6.58 Å². The highest BCUT2D eigenvalue weighted by atomic mass is 35.5. The molecule has 7 nitrogen and oxygen atoms in total. The van der Waals surface area contributed by atoms with Gasteiger partial charge in [0.25, 0.3) is 11.1 Å². The van der Waals surface area contributed by atoms with Crippen LogP contribution in [0.1, 0.15) is 10.4 Å². The van der Waals surface area contributed by atoms with E-state index in [2.05, 4.69) is 21.9 Å². The van der Waals surface area contributed by atoms with Gasteiger partial charge in [-0.05, 0) is 42.5 Å². The highest BCUT2D eigenvalue weighted by Crippen LogP contribution is 2.34. The Morgan fingerprint density at radius 3 is 2.37 bits per heavy atom. The Morgan fingerprint density at radius 2 is 1.66 bits per heavy atom. The predicted molar refractivity (Wildman–Crippen MR) is 137 cm³/mol. The number of para-hydroxylation sites is 1. The number of aromatic nitrogens is 3. The summed E-state index contributed by atoms with van der Waals surface area (Å²) in [6.45, 7) is 4.21. The zero-order valence-corrected chi connectivity index (χ0v) is 19.9. The number of hydrogen-bond acceptors (Lipinski definition) is 5. The van der Waals surface area contributed by atoms with Crippen LogP contribution in [0.25, 0.3) is 21.9 Å². The van der Waals surface area contributed by atoms with Gasteiger partial charge in [-0.3, -0.25) is 4.79 Å². The molecular weight excluding hydrogens is 484 g/mol. The normalized spacial score (nSPS) is 11.6. The molecule has 2 heterocycles. The SMILES string of the molecule is C=CCn1c2ccccc2c2c(NC(=O)c3ccc(Cl)cc3)nc(S(=O)(=O)c3ccccc3)nc21. The number of halogens is 1. The van der Waals surface area contributed by atoms with Gasteiger partial charge in [0, 0.05) is 22.5 Å². The molecule has 2 aromatic heterocycles. The topological polar surface area (TPSA) is 94.0 Å². The van der Waals surface area contributed by atoms with E-state index >= 15 is 0 Å². The van der Waals surface area contributed by atoms with E-state index in [9.17, 15) is 13.2 Å². The van der Waals surface area contributed by atoms with E-state index in [-0.39, 0.29) is 10.7 Å². The van der Waals surface area contributed by atoms with Crippen LogP contribution >= 0.6 is 11.6 Å². The van der Waals surface area contributed by atoms with Crippen molar-refractivity contribution in [3.8, 4) is 0 Å². The molecule has 174 valence electrons. The quantitative estimate of drug-likeness (QED) is 0.244. The van der Waals surface area contributed by atoms with Crippen molar-refractivity contribution >= 4 is 55.1 Å². The molecule has 9 heteroatoms. The fourth-order valence-corrected chi connectivity index (χ4v) is 5.19. The second-order valence-electron chi connectivity index (χ2n) is 7.75. The van der Waals surface area contributed by atoms with Crippen LogP contribution in [0.2, 0.25) is 5.02 Å². The van der Waals surface area contributed by atoms with Gasteiger partial charge in [-0.2, -0.15) is 9.97 Å². The fraction of sp³-hybridized carbons (Fsp3) is 0.0385. The molecule has 3 aromatic carbocycles. The summed E-state index contributed by atoms with van der Waals surface area (Å²) in [5.74, 6) is -0.353. The first-order valence-electron chi connectivity index (χ1n) is 10.7. The van der Waals surface area contributed by atoms with Crippen molar-refractivity contribution in [2.24, 2.45) is 0 Å². The number of hydrogen-bond donors (Lipinski definition) is 1. The van der Waals surface area contributed by atoms with Gasteiger partial charge < -0.3 is 9.88 Å². The maximum absolute atomic E-state index is 13.4. The van der Waals surface area contributed by atoms with Crippen molar-refractivity contribution in [2.45, 2.75) is 16.6 Å². The molecule has 1 amide bonds. The molecule has 5 rings (SSSR count). The number of allylic oxidation sites excluding steroid dienone is 1. The number of rotatable bonds is 6. The van der Waals surface area contributed by atoms with E-state index in [0.717, 1.165) is 10.9 Å². The van der Waals surface area contributed by atoms with Gasteiger partial charge in [0.15, 0.2) is 0 Å². The second kappa shape index (κ2) is 8.98. The first-order chi connectivity index (χ1) is 16.9. The third-order valence-corrected chi connectivity index (χ3v) is 7.34. The zero-order chi connectivity index (χ0) is 24.6. The van der Waals surface area contributed by atoms with Gasteiger partial charge >= 0.3 is 0 Å². The third-order valence-electron chi connectivity index (χ3n) is 5.53. The van der Waals surface area contributed by atoms with Gasteiger partial charge in [0.2, 0.25) is 9.84 Å². The number of nitrogens with one attached hydrogen (secondary N) is 1. The number of carbonyl (C=O) groups excluding carboxylic acids is 1. The van der Waals surface area contributed by atoms with Gasteiger partial charge in [-0.25, -0.2) is 8.42 Å². The van der Waals surface area contributed by atoms with Crippen molar-refractivity contribution in [2.75, 3.05) is 5.32 Å². The van der Waals surface area contributed by atoms with E-state index in [1.807, 2.05) is 28.8 Å². The van der Waals surface area contributed by atoms with Crippen molar-refractivity contribution < 1.29 is 13.2 Å². The third kappa shape index (κ3) is 4.07. The number of fused-ring (bicyclic) bond motifs is 3. The summed E-state index contributed by atoms with van der Waals surface area (Å²) < 4.78 is 28.7. The van der Waals surface area contributed by atoms with Crippen molar-refractivity contribution in [3.63, 3.8) is 0 Å². The van der Waals surface area contributed by atoms with E-state index in [4.69, 9.17) is 11.6 Å². The van der Waals surface area contributed by atoms with E-state index in [1.165, 1.54) is 12.1 Å². The summed E-state index contributed by atoms with van der Waals surface area (Å²) in [5.41, 5.74) is 1.54. The maximum atomic E-state index is 13.4. The largest absolute Gasteiger partial charge is 0.321 e. The molecule has 0 aliphatic heterocycles. The minimum Gasteiger partial charge on any atom is -0.321 e. The van der Waals surface area contributed by atoms with Crippen molar-refractivity contribution in [3.05, 3.63) is 102 Å². The van der Waals surface area contributed by atoms with Crippen LogP contribution in [0.5, 0.6) is 0 Å². The van der Waals surface area contributed by atoms with Gasteiger partial charge in [0.1, 0.15) is 11.5 Å². The molecule has 0 spiro atoms. The molecule has 1 N–H and O–H groups in total.